The Labute approximate surface area is 157 Å². The van der Waals surface area contributed by atoms with E-state index in [0.29, 0.717) is 23.0 Å². The first kappa shape index (κ1) is 19.2. The average Bonchev–Trinajstić information content (AvgIpc) is 2.88. The molecule has 6 nitrogen and oxygen atoms in total. The number of carbonyl (C=O) groups excluding carboxylic acids is 1. The Balaban J connectivity index is 2.19. The summed E-state index contributed by atoms with van der Waals surface area (Å²) in [6, 6.07) is 11.8. The summed E-state index contributed by atoms with van der Waals surface area (Å²) in [5.74, 6) is -0.421. The van der Waals surface area contributed by atoms with Crippen LogP contribution >= 0.6 is 11.6 Å². The highest BCUT2D eigenvalue weighted by atomic mass is 35.5. The van der Waals surface area contributed by atoms with E-state index in [1.807, 2.05) is 50.3 Å². The first-order chi connectivity index (χ1) is 12.5. The van der Waals surface area contributed by atoms with Crippen LogP contribution in [0.3, 0.4) is 0 Å². The molecule has 0 aliphatic heterocycles. The molecule has 1 heterocycles. The summed E-state index contributed by atoms with van der Waals surface area (Å²) in [5, 5.41) is 22.3. The third-order valence-electron chi connectivity index (χ3n) is 3.79. The lowest BCUT2D eigenvalue weighted by Crippen LogP contribution is -2.30. The van der Waals surface area contributed by atoms with Crippen molar-refractivity contribution >= 4 is 23.6 Å². The molecule has 132 valence electrons. The molecule has 0 aliphatic carbocycles. The van der Waals surface area contributed by atoms with Gasteiger partial charge in [0.1, 0.15) is 18.2 Å². The van der Waals surface area contributed by atoms with E-state index in [0.717, 1.165) is 10.5 Å². The molecule has 7 heteroatoms. The van der Waals surface area contributed by atoms with Crippen LogP contribution in [0.4, 0.5) is 0 Å². The SMILES string of the molecule is Cc1ccc(Cn2nc(C)c(C=CC(=O)N(CC#N)CC#N)c2Cl)cc1. The van der Waals surface area contributed by atoms with E-state index in [4.69, 9.17) is 22.1 Å². The van der Waals surface area contributed by atoms with Crippen molar-refractivity contribution in [1.29, 1.82) is 10.5 Å². The smallest absolute Gasteiger partial charge is 0.248 e. The number of nitrogens with zero attached hydrogens (tertiary/aromatic N) is 5. The van der Waals surface area contributed by atoms with Crippen LogP contribution < -0.4 is 0 Å². The molecular formula is C19H18ClN5O. The summed E-state index contributed by atoms with van der Waals surface area (Å²) < 4.78 is 1.67. The maximum absolute atomic E-state index is 12.1. The minimum Gasteiger partial charge on any atom is -0.313 e. The van der Waals surface area contributed by atoms with Crippen molar-refractivity contribution < 1.29 is 4.79 Å². The molecule has 0 unspecified atom stereocenters. The molecule has 0 radical (unpaired) electrons. The van der Waals surface area contributed by atoms with Gasteiger partial charge in [-0.25, -0.2) is 4.68 Å². The molecule has 0 saturated heterocycles. The van der Waals surface area contributed by atoms with Crippen LogP contribution in [0.25, 0.3) is 6.08 Å². The molecule has 0 aliphatic rings. The van der Waals surface area contributed by atoms with Crippen LogP contribution in [-0.2, 0) is 11.3 Å². The number of carbonyl (C=O) groups is 1. The van der Waals surface area contributed by atoms with Gasteiger partial charge in [-0.2, -0.15) is 15.6 Å². The normalized spacial score (nSPS) is 10.5. The summed E-state index contributed by atoms with van der Waals surface area (Å²) in [4.78, 5) is 13.3. The lowest BCUT2D eigenvalue weighted by molar-refractivity contribution is -0.124. The number of hydrogen-bond donors (Lipinski definition) is 0. The molecule has 1 amide bonds. The van der Waals surface area contributed by atoms with Crippen molar-refractivity contribution in [1.82, 2.24) is 14.7 Å². The molecule has 2 aromatic rings. The lowest BCUT2D eigenvalue weighted by atomic mass is 10.1. The maximum Gasteiger partial charge on any atom is 0.248 e. The second-order valence-corrected chi connectivity index (χ2v) is 6.14. The van der Waals surface area contributed by atoms with Crippen molar-refractivity contribution in [3.63, 3.8) is 0 Å². The van der Waals surface area contributed by atoms with Crippen LogP contribution in [0, 0.1) is 36.5 Å². The second kappa shape index (κ2) is 8.84. The van der Waals surface area contributed by atoms with Gasteiger partial charge in [-0.15, -0.1) is 0 Å². The molecule has 1 aromatic carbocycles. The molecular weight excluding hydrogens is 350 g/mol. The second-order valence-electron chi connectivity index (χ2n) is 5.78. The van der Waals surface area contributed by atoms with Crippen LogP contribution in [0.2, 0.25) is 5.15 Å². The third-order valence-corrected chi connectivity index (χ3v) is 4.19. The number of rotatable bonds is 6. The van der Waals surface area contributed by atoms with Crippen molar-refractivity contribution in [3.05, 3.63) is 57.9 Å². The minimum absolute atomic E-state index is 0.143. The fourth-order valence-corrected chi connectivity index (χ4v) is 2.67. The standard InChI is InChI=1S/C19H18ClN5O/c1-14-3-5-16(6-4-14)13-25-19(20)17(15(2)23-25)7-8-18(26)24(11-9-21)12-10-22/h3-8H,11-13H2,1-2H3. The van der Waals surface area contributed by atoms with E-state index in [9.17, 15) is 4.79 Å². The number of amides is 1. The quantitative estimate of drug-likeness (QED) is 0.580. The van der Waals surface area contributed by atoms with Crippen LogP contribution in [0.15, 0.2) is 30.3 Å². The molecule has 0 saturated carbocycles. The van der Waals surface area contributed by atoms with E-state index in [2.05, 4.69) is 5.10 Å². The fourth-order valence-electron chi connectivity index (χ4n) is 2.37. The van der Waals surface area contributed by atoms with E-state index in [1.165, 1.54) is 11.6 Å². The van der Waals surface area contributed by atoms with Gasteiger partial charge in [0.2, 0.25) is 5.91 Å². The van der Waals surface area contributed by atoms with Crippen molar-refractivity contribution in [2.45, 2.75) is 20.4 Å². The van der Waals surface area contributed by atoms with Gasteiger partial charge in [-0.3, -0.25) is 4.79 Å². The molecule has 0 spiro atoms. The Hall–Kier alpha value is -3.09. The van der Waals surface area contributed by atoms with Crippen molar-refractivity contribution in [2.75, 3.05) is 13.1 Å². The van der Waals surface area contributed by atoms with E-state index in [1.54, 1.807) is 10.8 Å². The van der Waals surface area contributed by atoms with E-state index < -0.39 is 5.91 Å². The monoisotopic (exact) mass is 367 g/mol. The van der Waals surface area contributed by atoms with Gasteiger partial charge < -0.3 is 4.90 Å². The number of nitriles is 2. The molecule has 0 atom stereocenters. The predicted molar refractivity (Wildman–Crippen MR) is 99.1 cm³/mol. The molecule has 1 aromatic heterocycles. The average molecular weight is 368 g/mol. The minimum atomic E-state index is -0.421. The van der Waals surface area contributed by atoms with Crippen molar-refractivity contribution in [3.8, 4) is 12.1 Å². The van der Waals surface area contributed by atoms with E-state index in [-0.39, 0.29) is 13.1 Å². The Morgan fingerprint density at radius 1 is 1.23 bits per heavy atom. The van der Waals surface area contributed by atoms with Crippen molar-refractivity contribution in [2.24, 2.45) is 0 Å². The molecule has 0 bridgehead atoms. The Kier molecular flexibility index (Phi) is 6.54. The summed E-state index contributed by atoms with van der Waals surface area (Å²) in [6.07, 6.45) is 2.88. The van der Waals surface area contributed by atoms with Gasteiger partial charge in [0.05, 0.1) is 24.4 Å². The highest BCUT2D eigenvalue weighted by Crippen LogP contribution is 2.22. The number of halogens is 1. The largest absolute Gasteiger partial charge is 0.313 e. The highest BCUT2D eigenvalue weighted by Gasteiger charge is 2.13. The molecule has 2 rings (SSSR count). The third kappa shape index (κ3) is 4.72. The fraction of sp³-hybridized carbons (Fsp3) is 0.263. The van der Waals surface area contributed by atoms with Crippen LogP contribution in [0.5, 0.6) is 0 Å². The number of benzene rings is 1. The zero-order valence-electron chi connectivity index (χ0n) is 14.6. The maximum atomic E-state index is 12.1. The Morgan fingerprint density at radius 3 is 2.42 bits per heavy atom. The Morgan fingerprint density at radius 2 is 1.85 bits per heavy atom. The summed E-state index contributed by atoms with van der Waals surface area (Å²) in [7, 11) is 0. The van der Waals surface area contributed by atoms with Crippen LogP contribution in [-0.4, -0.2) is 33.7 Å². The highest BCUT2D eigenvalue weighted by molar-refractivity contribution is 6.31. The van der Waals surface area contributed by atoms with Gasteiger partial charge in [0.25, 0.3) is 0 Å². The zero-order chi connectivity index (χ0) is 19.1. The van der Waals surface area contributed by atoms with Gasteiger partial charge in [0, 0.05) is 11.6 Å². The number of aryl methyl sites for hydroxylation is 2. The zero-order valence-corrected chi connectivity index (χ0v) is 15.4. The summed E-state index contributed by atoms with van der Waals surface area (Å²) in [5.41, 5.74) is 3.58. The van der Waals surface area contributed by atoms with Gasteiger partial charge in [-0.1, -0.05) is 41.4 Å². The summed E-state index contributed by atoms with van der Waals surface area (Å²) in [6.45, 7) is 4.07. The van der Waals surface area contributed by atoms with Gasteiger partial charge in [0.15, 0.2) is 0 Å². The van der Waals surface area contributed by atoms with E-state index >= 15 is 0 Å². The first-order valence-electron chi connectivity index (χ1n) is 7.95. The topological polar surface area (TPSA) is 85.7 Å². The Bertz CT molecular complexity index is 884. The molecule has 0 fully saturated rings. The van der Waals surface area contributed by atoms with Crippen LogP contribution in [0.1, 0.15) is 22.4 Å². The molecule has 26 heavy (non-hydrogen) atoms. The molecule has 0 N–H and O–H groups in total. The van der Waals surface area contributed by atoms with Gasteiger partial charge >= 0.3 is 0 Å². The summed E-state index contributed by atoms with van der Waals surface area (Å²) >= 11 is 6.42. The first-order valence-corrected chi connectivity index (χ1v) is 8.33. The predicted octanol–water partition coefficient (Wildman–Crippen LogP) is 3.09. The number of aromatic nitrogens is 2. The van der Waals surface area contributed by atoms with Gasteiger partial charge in [-0.05, 0) is 25.5 Å². The number of hydrogen-bond acceptors (Lipinski definition) is 4. The lowest BCUT2D eigenvalue weighted by Gasteiger charge is -2.12.